The van der Waals surface area contributed by atoms with Crippen LogP contribution in [0.3, 0.4) is 0 Å². The highest BCUT2D eigenvalue weighted by Crippen LogP contribution is 2.15. The quantitative estimate of drug-likeness (QED) is 0.786. The van der Waals surface area contributed by atoms with E-state index in [0.29, 0.717) is 0 Å². The van der Waals surface area contributed by atoms with Crippen molar-refractivity contribution < 1.29 is 0 Å². The Morgan fingerprint density at radius 3 is 1.73 bits per heavy atom. The van der Waals surface area contributed by atoms with Gasteiger partial charge in [-0.05, 0) is 37.8 Å². The van der Waals surface area contributed by atoms with Gasteiger partial charge in [0.2, 0.25) is 0 Å². The molecule has 2 aliphatic rings. The van der Waals surface area contributed by atoms with E-state index in [9.17, 15) is 0 Å². The van der Waals surface area contributed by atoms with Gasteiger partial charge in [-0.25, -0.2) is 0 Å². The van der Waals surface area contributed by atoms with E-state index in [1.165, 1.54) is 58.8 Å². The molecule has 1 unspecified atom stereocenters. The standard InChI is InChI=1S/C9H20N2.C9H19N.CH4/c1-9(2)8-11-6-4-10(3)5-7-11;1-8(2)6-10-5-4-9(3)7-10;/h9H,4-8H2,1-3H3;8-9H,4-7H2,1-3H3;1H4. The Balaban J connectivity index is 0.000000385. The predicted octanol–water partition coefficient (Wildman–Crippen LogP) is 3.51. The normalized spacial score (nSPS) is 24.3. The van der Waals surface area contributed by atoms with E-state index in [0.717, 1.165) is 17.8 Å². The average molecular weight is 314 g/mol. The van der Waals surface area contributed by atoms with Gasteiger partial charge in [0.25, 0.3) is 0 Å². The van der Waals surface area contributed by atoms with Crippen LogP contribution in [0.1, 0.15) is 48.5 Å². The van der Waals surface area contributed by atoms with E-state index in [2.05, 4.69) is 56.4 Å². The molecule has 0 aromatic carbocycles. The molecule has 0 radical (unpaired) electrons. The third-order valence-electron chi connectivity index (χ3n) is 4.35. The first-order valence-electron chi connectivity index (χ1n) is 9.00. The molecule has 22 heavy (non-hydrogen) atoms. The highest BCUT2D eigenvalue weighted by atomic mass is 15.2. The van der Waals surface area contributed by atoms with E-state index in [-0.39, 0.29) is 7.43 Å². The Morgan fingerprint density at radius 2 is 1.32 bits per heavy atom. The molecule has 0 N–H and O–H groups in total. The number of likely N-dealkylation sites (N-methyl/N-ethyl adjacent to an activating group) is 1. The Bertz CT molecular complexity index is 257. The molecule has 0 bridgehead atoms. The number of piperazine rings is 1. The maximum absolute atomic E-state index is 2.58. The lowest BCUT2D eigenvalue weighted by atomic mass is 10.2. The first kappa shape index (κ1) is 21.9. The maximum Gasteiger partial charge on any atom is 0.0110 e. The van der Waals surface area contributed by atoms with Crippen LogP contribution in [0, 0.1) is 17.8 Å². The van der Waals surface area contributed by atoms with E-state index in [1.54, 1.807) is 0 Å². The molecule has 2 aliphatic heterocycles. The molecule has 2 rings (SSSR count). The molecule has 0 amide bonds. The Hall–Kier alpha value is -0.120. The summed E-state index contributed by atoms with van der Waals surface area (Å²) in [7, 11) is 2.20. The second-order valence-electron chi connectivity index (χ2n) is 8.05. The first-order valence-corrected chi connectivity index (χ1v) is 9.00. The van der Waals surface area contributed by atoms with Crippen molar-refractivity contribution >= 4 is 0 Å². The molecule has 1 atom stereocenters. The second-order valence-corrected chi connectivity index (χ2v) is 8.05. The van der Waals surface area contributed by atoms with Gasteiger partial charge in [0, 0.05) is 45.8 Å². The first-order chi connectivity index (χ1) is 9.86. The van der Waals surface area contributed by atoms with Crippen LogP contribution in [0.4, 0.5) is 0 Å². The molecule has 0 saturated carbocycles. The van der Waals surface area contributed by atoms with E-state index >= 15 is 0 Å². The van der Waals surface area contributed by atoms with Crippen molar-refractivity contribution in [1.82, 2.24) is 14.7 Å². The fourth-order valence-electron chi connectivity index (χ4n) is 3.26. The summed E-state index contributed by atoms with van der Waals surface area (Å²) in [5.41, 5.74) is 0. The Kier molecular flexibility index (Phi) is 11.4. The minimum atomic E-state index is 0. The molecular weight excluding hydrogens is 270 g/mol. The van der Waals surface area contributed by atoms with Gasteiger partial charge in [-0.15, -0.1) is 0 Å². The Morgan fingerprint density at radius 1 is 0.818 bits per heavy atom. The van der Waals surface area contributed by atoms with E-state index in [4.69, 9.17) is 0 Å². The lowest BCUT2D eigenvalue weighted by Crippen LogP contribution is -2.45. The van der Waals surface area contributed by atoms with Crippen LogP contribution >= 0.6 is 0 Å². The molecule has 134 valence electrons. The number of rotatable bonds is 4. The van der Waals surface area contributed by atoms with Gasteiger partial charge in [-0.2, -0.15) is 0 Å². The fraction of sp³-hybridized carbons (Fsp3) is 1.00. The van der Waals surface area contributed by atoms with Crippen LogP contribution in [-0.2, 0) is 0 Å². The van der Waals surface area contributed by atoms with Gasteiger partial charge in [-0.3, -0.25) is 0 Å². The van der Waals surface area contributed by atoms with Crippen molar-refractivity contribution in [2.75, 3.05) is 59.4 Å². The van der Waals surface area contributed by atoms with Crippen LogP contribution in [0.25, 0.3) is 0 Å². The van der Waals surface area contributed by atoms with Crippen molar-refractivity contribution in [3.8, 4) is 0 Å². The summed E-state index contributed by atoms with van der Waals surface area (Å²) in [5, 5.41) is 0. The van der Waals surface area contributed by atoms with Crippen molar-refractivity contribution in [3.63, 3.8) is 0 Å². The molecule has 3 nitrogen and oxygen atoms in total. The molecular formula is C19H43N3. The van der Waals surface area contributed by atoms with Gasteiger partial charge < -0.3 is 14.7 Å². The smallest absolute Gasteiger partial charge is 0.0110 e. The highest BCUT2D eigenvalue weighted by Gasteiger charge is 2.18. The van der Waals surface area contributed by atoms with Crippen molar-refractivity contribution in [2.45, 2.75) is 48.5 Å². The van der Waals surface area contributed by atoms with Crippen molar-refractivity contribution in [3.05, 3.63) is 0 Å². The number of nitrogens with zero attached hydrogens (tertiary/aromatic N) is 3. The zero-order valence-electron chi connectivity index (χ0n) is 15.4. The zero-order chi connectivity index (χ0) is 15.8. The van der Waals surface area contributed by atoms with Crippen molar-refractivity contribution in [2.24, 2.45) is 17.8 Å². The molecule has 0 spiro atoms. The summed E-state index contributed by atoms with van der Waals surface area (Å²) in [6.07, 6.45) is 1.41. The summed E-state index contributed by atoms with van der Waals surface area (Å²) in [6, 6.07) is 0. The second kappa shape index (κ2) is 11.4. The fourth-order valence-corrected chi connectivity index (χ4v) is 3.26. The summed E-state index contributed by atoms with van der Waals surface area (Å²) in [4.78, 5) is 7.54. The van der Waals surface area contributed by atoms with Crippen LogP contribution in [-0.4, -0.2) is 74.1 Å². The molecule has 2 fully saturated rings. The van der Waals surface area contributed by atoms with Gasteiger partial charge >= 0.3 is 0 Å². The minimum absolute atomic E-state index is 0. The lowest BCUT2D eigenvalue weighted by molar-refractivity contribution is 0.141. The summed E-state index contributed by atoms with van der Waals surface area (Å²) in [6.45, 7) is 21.8. The third-order valence-corrected chi connectivity index (χ3v) is 4.35. The monoisotopic (exact) mass is 313 g/mol. The highest BCUT2D eigenvalue weighted by molar-refractivity contribution is 4.72. The number of hydrogen-bond donors (Lipinski definition) is 0. The Labute approximate surface area is 141 Å². The largest absolute Gasteiger partial charge is 0.304 e. The topological polar surface area (TPSA) is 9.72 Å². The van der Waals surface area contributed by atoms with E-state index < -0.39 is 0 Å². The van der Waals surface area contributed by atoms with Gasteiger partial charge in [0.15, 0.2) is 0 Å². The molecule has 2 saturated heterocycles. The molecule has 0 aliphatic carbocycles. The number of hydrogen-bond acceptors (Lipinski definition) is 3. The maximum atomic E-state index is 2.58. The summed E-state index contributed by atoms with van der Waals surface area (Å²) < 4.78 is 0. The molecule has 2 heterocycles. The lowest BCUT2D eigenvalue weighted by Gasteiger charge is -2.33. The SMILES string of the molecule is C.CC(C)CN1CCC(C)C1.CC(C)CN1CCN(C)CC1. The minimum Gasteiger partial charge on any atom is -0.304 e. The molecule has 3 heteroatoms. The van der Waals surface area contributed by atoms with Gasteiger partial charge in [-0.1, -0.05) is 42.0 Å². The van der Waals surface area contributed by atoms with Crippen LogP contribution in [0.5, 0.6) is 0 Å². The van der Waals surface area contributed by atoms with Crippen LogP contribution < -0.4 is 0 Å². The average Bonchev–Trinajstić information content (AvgIpc) is 2.77. The predicted molar refractivity (Wildman–Crippen MR) is 101 cm³/mol. The zero-order valence-corrected chi connectivity index (χ0v) is 15.4. The van der Waals surface area contributed by atoms with Crippen molar-refractivity contribution in [1.29, 1.82) is 0 Å². The van der Waals surface area contributed by atoms with Crippen LogP contribution in [0.15, 0.2) is 0 Å². The molecule has 0 aromatic heterocycles. The van der Waals surface area contributed by atoms with Crippen LogP contribution in [0.2, 0.25) is 0 Å². The molecule has 0 aromatic rings. The van der Waals surface area contributed by atoms with E-state index in [1.807, 2.05) is 0 Å². The van der Waals surface area contributed by atoms with Gasteiger partial charge in [0.05, 0.1) is 0 Å². The summed E-state index contributed by atoms with van der Waals surface area (Å²) >= 11 is 0. The van der Waals surface area contributed by atoms with Gasteiger partial charge in [0.1, 0.15) is 0 Å². The summed E-state index contributed by atoms with van der Waals surface area (Å²) in [5.74, 6) is 2.60. The number of likely N-dealkylation sites (tertiary alicyclic amines) is 1. The third kappa shape index (κ3) is 9.81.